The molecule has 31 heavy (non-hydrogen) atoms. The zero-order valence-electron chi connectivity index (χ0n) is 21.7. The summed E-state index contributed by atoms with van der Waals surface area (Å²) < 4.78 is 0. The summed E-state index contributed by atoms with van der Waals surface area (Å²) in [5.74, 6) is -0.270. The van der Waals surface area contributed by atoms with Crippen LogP contribution in [-0.4, -0.2) is 52.1 Å². The maximum absolute atomic E-state index is 10.3. The summed E-state index contributed by atoms with van der Waals surface area (Å²) in [5, 5.41) is 27.9. The van der Waals surface area contributed by atoms with Gasteiger partial charge in [-0.05, 0) is 39.8 Å². The standard InChI is InChI=1S/C17H34O2.C9H21NO2/c1-2-3-4-5-6-7-8-9-10-11-12-13-14-15-16-17(18)19;1-7(2)6-9(3,12)8(11)10(4)5/h2-16H2,1H3,(H,18,19);7-8,11-12H,6H2,1-5H3. The lowest BCUT2D eigenvalue weighted by Gasteiger charge is -2.34. The first-order valence-electron chi connectivity index (χ1n) is 12.8. The van der Waals surface area contributed by atoms with Gasteiger partial charge in [-0.2, -0.15) is 0 Å². The number of carboxylic acid groups (broad SMARTS) is 1. The molecule has 0 aliphatic carbocycles. The molecule has 188 valence electrons. The molecule has 3 N–H and O–H groups in total. The third-order valence-electron chi connectivity index (χ3n) is 5.61. The van der Waals surface area contributed by atoms with Crippen molar-refractivity contribution in [1.29, 1.82) is 0 Å². The van der Waals surface area contributed by atoms with E-state index in [1.54, 1.807) is 25.9 Å². The van der Waals surface area contributed by atoms with Gasteiger partial charge in [0.15, 0.2) is 0 Å². The molecule has 0 aromatic carbocycles. The van der Waals surface area contributed by atoms with Crippen LogP contribution < -0.4 is 0 Å². The van der Waals surface area contributed by atoms with Crippen LogP contribution in [0.4, 0.5) is 0 Å². The van der Waals surface area contributed by atoms with Crippen LogP contribution in [0.25, 0.3) is 0 Å². The largest absolute Gasteiger partial charge is 0.481 e. The molecule has 0 amide bonds. The highest BCUT2D eigenvalue weighted by Crippen LogP contribution is 2.21. The van der Waals surface area contributed by atoms with E-state index in [0.717, 1.165) is 12.8 Å². The maximum Gasteiger partial charge on any atom is 0.303 e. The SMILES string of the molecule is CC(C)CC(C)(O)C(O)N(C)C.CCCCCCCCCCCCCCCCC(=O)O. The van der Waals surface area contributed by atoms with E-state index in [-0.39, 0.29) is 0 Å². The highest BCUT2D eigenvalue weighted by molar-refractivity contribution is 5.66. The number of nitrogens with zero attached hydrogens (tertiary/aromatic N) is 1. The maximum atomic E-state index is 10.3. The lowest BCUT2D eigenvalue weighted by molar-refractivity contribution is -0.137. The molecule has 0 aliphatic rings. The second kappa shape index (κ2) is 21.2. The van der Waals surface area contributed by atoms with Crippen LogP contribution in [0.5, 0.6) is 0 Å². The molecule has 2 unspecified atom stereocenters. The molecule has 0 radical (unpaired) electrons. The first-order valence-corrected chi connectivity index (χ1v) is 12.8. The Morgan fingerprint density at radius 1 is 0.806 bits per heavy atom. The number of aliphatic hydroxyl groups excluding tert-OH is 1. The molecule has 0 aromatic heterocycles. The second-order valence-corrected chi connectivity index (χ2v) is 10.0. The minimum atomic E-state index is -1.02. The van der Waals surface area contributed by atoms with Gasteiger partial charge in [0.1, 0.15) is 11.8 Å². The summed E-state index contributed by atoms with van der Waals surface area (Å²) in [6.07, 6.45) is 18.5. The van der Waals surface area contributed by atoms with E-state index in [1.807, 2.05) is 13.8 Å². The summed E-state index contributed by atoms with van der Waals surface area (Å²) in [4.78, 5) is 11.9. The Labute approximate surface area is 193 Å². The average molecular weight is 446 g/mol. The van der Waals surface area contributed by atoms with Gasteiger partial charge in [-0.3, -0.25) is 9.69 Å². The molecule has 0 fully saturated rings. The second-order valence-electron chi connectivity index (χ2n) is 10.0. The Bertz CT molecular complexity index is 397. The molecule has 0 rings (SSSR count). The molecule has 2 atom stereocenters. The Kier molecular flexibility index (Phi) is 22.3. The highest BCUT2D eigenvalue weighted by atomic mass is 16.4. The van der Waals surface area contributed by atoms with Gasteiger partial charge < -0.3 is 15.3 Å². The number of aliphatic hydroxyl groups is 2. The van der Waals surface area contributed by atoms with Crippen molar-refractivity contribution in [1.82, 2.24) is 4.90 Å². The van der Waals surface area contributed by atoms with Crippen LogP contribution in [0.3, 0.4) is 0 Å². The lowest BCUT2D eigenvalue weighted by Crippen LogP contribution is -2.48. The van der Waals surface area contributed by atoms with E-state index >= 15 is 0 Å². The van der Waals surface area contributed by atoms with Gasteiger partial charge in [-0.1, -0.05) is 104 Å². The zero-order valence-corrected chi connectivity index (χ0v) is 21.7. The fourth-order valence-electron chi connectivity index (χ4n) is 3.96. The topological polar surface area (TPSA) is 81.0 Å². The van der Waals surface area contributed by atoms with Crippen molar-refractivity contribution < 1.29 is 20.1 Å². The van der Waals surface area contributed by atoms with Crippen LogP contribution in [0.15, 0.2) is 0 Å². The predicted molar refractivity (Wildman–Crippen MR) is 132 cm³/mol. The fraction of sp³-hybridized carbons (Fsp3) is 0.962. The molecule has 0 aliphatic heterocycles. The van der Waals surface area contributed by atoms with E-state index in [0.29, 0.717) is 18.8 Å². The van der Waals surface area contributed by atoms with Crippen LogP contribution in [-0.2, 0) is 4.79 Å². The average Bonchev–Trinajstić information content (AvgIpc) is 2.66. The van der Waals surface area contributed by atoms with Gasteiger partial charge in [-0.15, -0.1) is 0 Å². The van der Waals surface area contributed by atoms with E-state index in [1.165, 1.54) is 77.0 Å². The van der Waals surface area contributed by atoms with Crippen molar-refractivity contribution in [2.75, 3.05) is 14.1 Å². The number of unbranched alkanes of at least 4 members (excludes halogenated alkanes) is 13. The molecule has 0 heterocycles. The van der Waals surface area contributed by atoms with Gasteiger partial charge in [0.25, 0.3) is 0 Å². The first-order chi connectivity index (χ1) is 14.5. The summed E-state index contributed by atoms with van der Waals surface area (Å²) in [7, 11) is 3.50. The van der Waals surface area contributed by atoms with Crippen LogP contribution in [0.1, 0.15) is 130 Å². The van der Waals surface area contributed by atoms with Crippen molar-refractivity contribution >= 4 is 5.97 Å². The zero-order chi connectivity index (χ0) is 24.1. The van der Waals surface area contributed by atoms with Gasteiger partial charge in [0.2, 0.25) is 0 Å². The number of carboxylic acids is 1. The Morgan fingerprint density at radius 3 is 1.45 bits per heavy atom. The van der Waals surface area contributed by atoms with Crippen LogP contribution >= 0.6 is 0 Å². The Morgan fingerprint density at radius 2 is 1.16 bits per heavy atom. The van der Waals surface area contributed by atoms with Gasteiger partial charge >= 0.3 is 5.97 Å². The van der Waals surface area contributed by atoms with Crippen molar-refractivity contribution in [3.63, 3.8) is 0 Å². The normalized spacial score (nSPS) is 14.3. The molecular formula is C26H55NO4. The number of aliphatic carboxylic acids is 1. The number of hydrogen-bond donors (Lipinski definition) is 3. The molecule has 0 spiro atoms. The molecular weight excluding hydrogens is 390 g/mol. The molecule has 0 bridgehead atoms. The molecule has 5 heteroatoms. The predicted octanol–water partition coefficient (Wildman–Crippen LogP) is 6.61. The summed E-state index contributed by atoms with van der Waals surface area (Å²) in [6, 6.07) is 0. The third-order valence-corrected chi connectivity index (χ3v) is 5.61. The van der Waals surface area contributed by atoms with E-state index < -0.39 is 17.8 Å². The van der Waals surface area contributed by atoms with Crippen LogP contribution in [0.2, 0.25) is 0 Å². The molecule has 0 saturated heterocycles. The number of hydrogen-bond acceptors (Lipinski definition) is 4. The van der Waals surface area contributed by atoms with Gasteiger partial charge in [-0.25, -0.2) is 0 Å². The minimum Gasteiger partial charge on any atom is -0.481 e. The van der Waals surface area contributed by atoms with Crippen molar-refractivity contribution in [3.8, 4) is 0 Å². The first kappa shape index (κ1) is 32.5. The number of carbonyl (C=O) groups is 1. The summed E-state index contributed by atoms with van der Waals surface area (Å²) in [5.41, 5.74) is -1.02. The monoisotopic (exact) mass is 445 g/mol. The molecule has 0 saturated carbocycles. The van der Waals surface area contributed by atoms with Crippen LogP contribution in [0, 0.1) is 5.92 Å². The van der Waals surface area contributed by atoms with Gasteiger partial charge in [0.05, 0.1) is 0 Å². The Hall–Kier alpha value is -0.650. The smallest absolute Gasteiger partial charge is 0.303 e. The number of likely N-dealkylation sites (N-methyl/N-ethyl adjacent to an activating group) is 1. The highest BCUT2D eigenvalue weighted by Gasteiger charge is 2.32. The van der Waals surface area contributed by atoms with E-state index in [9.17, 15) is 15.0 Å². The quantitative estimate of drug-likeness (QED) is 0.154. The minimum absolute atomic E-state index is 0.345. The van der Waals surface area contributed by atoms with E-state index in [2.05, 4.69) is 6.92 Å². The Balaban J connectivity index is 0. The lowest BCUT2D eigenvalue weighted by atomic mass is 9.92. The van der Waals surface area contributed by atoms with Crippen molar-refractivity contribution in [3.05, 3.63) is 0 Å². The fourth-order valence-corrected chi connectivity index (χ4v) is 3.96. The van der Waals surface area contributed by atoms with Crippen molar-refractivity contribution in [2.45, 2.75) is 142 Å². The van der Waals surface area contributed by atoms with E-state index in [4.69, 9.17) is 5.11 Å². The number of rotatable bonds is 19. The van der Waals surface area contributed by atoms with Gasteiger partial charge in [0, 0.05) is 6.42 Å². The third kappa shape index (κ3) is 23.8. The van der Waals surface area contributed by atoms with Crippen molar-refractivity contribution in [2.24, 2.45) is 5.92 Å². The molecule has 5 nitrogen and oxygen atoms in total. The summed E-state index contributed by atoms with van der Waals surface area (Å²) in [6.45, 7) is 7.98. The molecule has 0 aromatic rings. The summed E-state index contributed by atoms with van der Waals surface area (Å²) >= 11 is 0.